The van der Waals surface area contributed by atoms with Gasteiger partial charge in [0.1, 0.15) is 23.3 Å². The van der Waals surface area contributed by atoms with E-state index in [2.05, 4.69) is 20.9 Å². The number of hydrogen-bond donors (Lipinski definition) is 1. The van der Waals surface area contributed by atoms with E-state index in [0.717, 1.165) is 0 Å². The fourth-order valence-electron chi connectivity index (χ4n) is 3.63. The number of carbonyl (C=O) groups is 2. The second-order valence-corrected chi connectivity index (χ2v) is 7.83. The van der Waals surface area contributed by atoms with E-state index >= 15 is 0 Å². The highest BCUT2D eigenvalue weighted by atomic mass is 79.9. The smallest absolute Gasteiger partial charge is 0.300 e. The predicted molar refractivity (Wildman–Crippen MR) is 123 cm³/mol. The van der Waals surface area contributed by atoms with Crippen molar-refractivity contribution in [1.82, 2.24) is 4.98 Å². The lowest BCUT2D eigenvalue weighted by Crippen LogP contribution is -2.29. The minimum atomic E-state index is -0.898. The topological polar surface area (TPSA) is 89.0 Å². The number of pyridine rings is 1. The minimum Gasteiger partial charge on any atom is -0.507 e. The largest absolute Gasteiger partial charge is 0.507 e. The number of ether oxygens (including phenoxy) is 2. The van der Waals surface area contributed by atoms with E-state index in [1.54, 1.807) is 74.0 Å². The zero-order valence-electron chi connectivity index (χ0n) is 17.3. The Bertz CT molecular complexity index is 1210. The molecule has 162 valence electrons. The lowest BCUT2D eigenvalue weighted by Gasteiger charge is -2.24. The van der Waals surface area contributed by atoms with Crippen molar-refractivity contribution < 1.29 is 24.2 Å². The highest BCUT2D eigenvalue weighted by Crippen LogP contribution is 2.42. The monoisotopic (exact) mass is 494 g/mol. The number of hydrogen-bond acceptors (Lipinski definition) is 6. The van der Waals surface area contributed by atoms with E-state index in [-0.39, 0.29) is 11.3 Å². The zero-order valence-corrected chi connectivity index (χ0v) is 18.9. The molecule has 0 spiro atoms. The molecule has 1 amide bonds. The molecule has 1 aromatic heterocycles. The van der Waals surface area contributed by atoms with Gasteiger partial charge in [-0.05, 0) is 70.5 Å². The number of Topliss-reactive ketones (excluding diaryl/α,β-unsaturated/α-hetero) is 1. The van der Waals surface area contributed by atoms with Gasteiger partial charge in [-0.3, -0.25) is 19.5 Å². The standard InChI is InChI=1S/C24H19BrN2O5/c1-31-16-9-7-15(8-10-16)27-21(18-5-3-4-12-26-18)20(23(29)24(27)30)22(28)14-6-11-19(32-2)17(25)13-14/h3-13,21,28H,1-2H3/b22-20-. The van der Waals surface area contributed by atoms with Crippen molar-refractivity contribution in [1.29, 1.82) is 0 Å². The number of aromatic nitrogens is 1. The lowest BCUT2D eigenvalue weighted by molar-refractivity contribution is -0.132. The third kappa shape index (κ3) is 3.73. The molecule has 1 unspecified atom stereocenters. The van der Waals surface area contributed by atoms with Crippen LogP contribution in [0.25, 0.3) is 5.76 Å². The molecule has 4 rings (SSSR count). The van der Waals surface area contributed by atoms with Crippen LogP contribution in [-0.4, -0.2) is 36.0 Å². The van der Waals surface area contributed by atoms with E-state index in [4.69, 9.17) is 9.47 Å². The summed E-state index contributed by atoms with van der Waals surface area (Å²) < 4.78 is 11.0. The first-order valence-electron chi connectivity index (χ1n) is 9.66. The maximum absolute atomic E-state index is 13.1. The number of carbonyl (C=O) groups excluding carboxylic acids is 2. The van der Waals surface area contributed by atoms with E-state index in [0.29, 0.717) is 32.9 Å². The van der Waals surface area contributed by atoms with Gasteiger partial charge in [-0.15, -0.1) is 0 Å². The van der Waals surface area contributed by atoms with Crippen molar-refractivity contribution in [2.45, 2.75) is 6.04 Å². The van der Waals surface area contributed by atoms with Crippen LogP contribution in [0, 0.1) is 0 Å². The van der Waals surface area contributed by atoms with E-state index in [9.17, 15) is 14.7 Å². The molecule has 7 nitrogen and oxygen atoms in total. The summed E-state index contributed by atoms with van der Waals surface area (Å²) in [6.45, 7) is 0. The summed E-state index contributed by atoms with van der Waals surface area (Å²) in [6.07, 6.45) is 1.58. The summed E-state index contributed by atoms with van der Waals surface area (Å²) in [5.41, 5.74) is 1.27. The first kappa shape index (κ1) is 21.6. The number of benzene rings is 2. The van der Waals surface area contributed by atoms with Gasteiger partial charge in [0, 0.05) is 17.4 Å². The third-order valence-corrected chi connectivity index (χ3v) is 5.81. The number of aliphatic hydroxyl groups excluding tert-OH is 1. The third-order valence-electron chi connectivity index (χ3n) is 5.19. The number of halogens is 1. The zero-order chi connectivity index (χ0) is 22.8. The molecule has 0 radical (unpaired) electrons. The number of rotatable bonds is 5. The molecule has 0 saturated carbocycles. The molecular formula is C24H19BrN2O5. The van der Waals surface area contributed by atoms with Gasteiger partial charge < -0.3 is 14.6 Å². The van der Waals surface area contributed by atoms with Gasteiger partial charge in [0.2, 0.25) is 0 Å². The van der Waals surface area contributed by atoms with Crippen LogP contribution >= 0.6 is 15.9 Å². The molecule has 1 aliphatic rings. The summed E-state index contributed by atoms with van der Waals surface area (Å²) in [6, 6.07) is 16.0. The van der Waals surface area contributed by atoms with Gasteiger partial charge in [-0.1, -0.05) is 6.07 Å². The molecule has 2 heterocycles. The molecular weight excluding hydrogens is 476 g/mol. The Labute approximate surface area is 193 Å². The van der Waals surface area contributed by atoms with Crippen LogP contribution in [-0.2, 0) is 9.59 Å². The summed E-state index contributed by atoms with van der Waals surface area (Å²) >= 11 is 3.39. The number of anilines is 1. The highest BCUT2D eigenvalue weighted by molar-refractivity contribution is 9.10. The van der Waals surface area contributed by atoms with Crippen molar-refractivity contribution in [3.05, 3.63) is 88.2 Å². The molecule has 0 aliphatic carbocycles. The number of ketones is 1. The van der Waals surface area contributed by atoms with Gasteiger partial charge in [-0.25, -0.2) is 0 Å². The van der Waals surface area contributed by atoms with Crippen molar-refractivity contribution in [2.75, 3.05) is 19.1 Å². The van der Waals surface area contributed by atoms with E-state index in [1.807, 2.05) is 0 Å². The Balaban J connectivity index is 1.90. The second kappa shape index (κ2) is 8.84. The first-order chi connectivity index (χ1) is 15.5. The molecule has 0 bridgehead atoms. The van der Waals surface area contributed by atoms with Crippen LogP contribution < -0.4 is 14.4 Å². The molecule has 1 saturated heterocycles. The normalized spacial score (nSPS) is 17.5. The highest BCUT2D eigenvalue weighted by Gasteiger charge is 2.47. The number of amides is 1. The SMILES string of the molecule is COc1ccc(N2C(=O)C(=O)/C(=C(\O)c3ccc(OC)c(Br)c3)C2c2ccccn2)cc1. The van der Waals surface area contributed by atoms with Crippen molar-refractivity contribution >= 4 is 39.1 Å². The van der Waals surface area contributed by atoms with Gasteiger partial charge >= 0.3 is 0 Å². The average Bonchev–Trinajstić information content (AvgIpc) is 3.09. The van der Waals surface area contributed by atoms with Crippen LogP contribution in [0.5, 0.6) is 11.5 Å². The Morgan fingerprint density at radius 3 is 2.38 bits per heavy atom. The number of methoxy groups -OCH3 is 2. The Hall–Kier alpha value is -3.65. The second-order valence-electron chi connectivity index (χ2n) is 6.97. The number of nitrogens with zero attached hydrogens (tertiary/aromatic N) is 2. The van der Waals surface area contributed by atoms with Gasteiger partial charge in [-0.2, -0.15) is 0 Å². The molecule has 2 aromatic carbocycles. The van der Waals surface area contributed by atoms with Crippen LogP contribution in [0.15, 0.2) is 76.9 Å². The quantitative estimate of drug-likeness (QED) is 0.319. The fourth-order valence-corrected chi connectivity index (χ4v) is 4.17. The Morgan fingerprint density at radius 1 is 1.03 bits per heavy atom. The van der Waals surface area contributed by atoms with Crippen LogP contribution in [0.4, 0.5) is 5.69 Å². The van der Waals surface area contributed by atoms with Crippen LogP contribution in [0.2, 0.25) is 0 Å². The van der Waals surface area contributed by atoms with Gasteiger partial charge in [0.05, 0.1) is 30.0 Å². The minimum absolute atomic E-state index is 0.0402. The molecule has 1 atom stereocenters. The predicted octanol–water partition coefficient (Wildman–Crippen LogP) is 4.49. The first-order valence-corrected chi connectivity index (χ1v) is 10.5. The molecule has 3 aromatic rings. The van der Waals surface area contributed by atoms with Crippen molar-refractivity contribution in [3.63, 3.8) is 0 Å². The maximum Gasteiger partial charge on any atom is 0.300 e. The Kier molecular flexibility index (Phi) is 5.96. The molecule has 1 N–H and O–H groups in total. The summed E-state index contributed by atoms with van der Waals surface area (Å²) in [4.78, 5) is 31.9. The van der Waals surface area contributed by atoms with Crippen LogP contribution in [0.1, 0.15) is 17.3 Å². The van der Waals surface area contributed by atoms with E-state index in [1.165, 1.54) is 12.0 Å². The molecule has 32 heavy (non-hydrogen) atoms. The van der Waals surface area contributed by atoms with Gasteiger partial charge in [0.15, 0.2) is 0 Å². The average molecular weight is 495 g/mol. The summed E-state index contributed by atoms with van der Waals surface area (Å²) in [7, 11) is 3.07. The van der Waals surface area contributed by atoms with Crippen LogP contribution in [0.3, 0.4) is 0 Å². The van der Waals surface area contributed by atoms with Crippen molar-refractivity contribution in [2.24, 2.45) is 0 Å². The Morgan fingerprint density at radius 2 is 1.78 bits per heavy atom. The van der Waals surface area contributed by atoms with Gasteiger partial charge in [0.25, 0.3) is 11.7 Å². The molecule has 8 heteroatoms. The van der Waals surface area contributed by atoms with Crippen molar-refractivity contribution in [3.8, 4) is 11.5 Å². The summed E-state index contributed by atoms with van der Waals surface area (Å²) in [5.74, 6) is -0.649. The molecule has 1 aliphatic heterocycles. The van der Waals surface area contributed by atoms with E-state index < -0.39 is 17.7 Å². The summed E-state index contributed by atoms with van der Waals surface area (Å²) in [5, 5.41) is 11.1. The lowest BCUT2D eigenvalue weighted by atomic mass is 9.98. The molecule has 1 fully saturated rings. The maximum atomic E-state index is 13.1. The number of aliphatic hydroxyl groups is 1. The fraction of sp³-hybridized carbons (Fsp3) is 0.125.